The maximum absolute atomic E-state index is 10.3. The first-order valence-corrected chi connectivity index (χ1v) is 3.08. The summed E-state index contributed by atoms with van der Waals surface area (Å²) in [5, 5.41) is 0. The van der Waals surface area contributed by atoms with Crippen LogP contribution in [-0.2, 0) is 14.3 Å². The molecule has 0 amide bonds. The minimum absolute atomic E-state index is 0.455. The number of hydrogen-bond acceptors (Lipinski definition) is 3. The molecule has 1 rings (SSSR count). The van der Waals surface area contributed by atoms with Gasteiger partial charge in [-0.15, -0.1) is 0 Å². The molecule has 3 nitrogen and oxygen atoms in total. The van der Waals surface area contributed by atoms with E-state index in [4.69, 9.17) is 4.74 Å². The van der Waals surface area contributed by atoms with E-state index in [9.17, 15) is 9.59 Å². The Labute approximate surface area is 58.7 Å². The lowest BCUT2D eigenvalue weighted by atomic mass is 10.00. The van der Waals surface area contributed by atoms with Crippen molar-refractivity contribution in [2.45, 2.75) is 18.4 Å². The van der Waals surface area contributed by atoms with Gasteiger partial charge in [0.2, 0.25) is 5.60 Å². The zero-order chi connectivity index (χ0) is 7.45. The van der Waals surface area contributed by atoms with Gasteiger partial charge in [-0.05, 0) is 12.5 Å². The van der Waals surface area contributed by atoms with Gasteiger partial charge in [-0.3, -0.25) is 9.59 Å². The molecule has 0 spiro atoms. The van der Waals surface area contributed by atoms with E-state index in [1.807, 2.05) is 0 Å². The van der Waals surface area contributed by atoms with Crippen LogP contribution in [0.2, 0.25) is 0 Å². The molecule has 0 saturated carbocycles. The van der Waals surface area contributed by atoms with Gasteiger partial charge in [0.05, 0.1) is 6.26 Å². The monoisotopic (exact) mass is 140 g/mol. The van der Waals surface area contributed by atoms with Crippen LogP contribution in [0.25, 0.3) is 0 Å². The van der Waals surface area contributed by atoms with E-state index in [0.717, 1.165) is 6.42 Å². The highest BCUT2D eigenvalue weighted by Gasteiger charge is 2.31. The van der Waals surface area contributed by atoms with Crippen molar-refractivity contribution in [2.75, 3.05) is 0 Å². The Morgan fingerprint density at radius 3 is 2.40 bits per heavy atom. The minimum Gasteiger partial charge on any atom is -0.480 e. The zero-order valence-corrected chi connectivity index (χ0v) is 5.45. The maximum Gasteiger partial charge on any atom is 0.217 e. The Bertz CT molecular complexity index is 164. The van der Waals surface area contributed by atoms with E-state index in [-0.39, 0.29) is 0 Å². The largest absolute Gasteiger partial charge is 0.480 e. The molecule has 0 saturated heterocycles. The molecule has 3 heteroatoms. The highest BCUT2D eigenvalue weighted by Crippen LogP contribution is 2.18. The number of aldehydes is 2. The topological polar surface area (TPSA) is 43.4 Å². The lowest BCUT2D eigenvalue weighted by Crippen LogP contribution is -2.35. The lowest BCUT2D eigenvalue weighted by Gasteiger charge is -2.22. The van der Waals surface area contributed by atoms with E-state index >= 15 is 0 Å². The Kier molecular flexibility index (Phi) is 1.85. The van der Waals surface area contributed by atoms with Crippen LogP contribution in [0.5, 0.6) is 0 Å². The zero-order valence-electron chi connectivity index (χ0n) is 5.45. The second-order valence-corrected chi connectivity index (χ2v) is 2.22. The Morgan fingerprint density at radius 1 is 1.40 bits per heavy atom. The summed E-state index contributed by atoms with van der Waals surface area (Å²) in [6, 6.07) is 0. The molecule has 1 aliphatic rings. The number of allylic oxidation sites excluding steroid dienone is 1. The van der Waals surface area contributed by atoms with Gasteiger partial charge < -0.3 is 4.74 Å². The number of rotatable bonds is 2. The molecule has 0 aromatic rings. The van der Waals surface area contributed by atoms with E-state index < -0.39 is 5.60 Å². The Morgan fingerprint density at radius 2 is 2.10 bits per heavy atom. The third-order valence-corrected chi connectivity index (χ3v) is 1.48. The highest BCUT2D eigenvalue weighted by molar-refractivity contribution is 5.87. The molecule has 0 radical (unpaired) electrons. The lowest BCUT2D eigenvalue weighted by molar-refractivity contribution is -0.137. The molecule has 0 fully saturated rings. The number of carbonyl (C=O) groups excluding carboxylic acids is 2. The van der Waals surface area contributed by atoms with Gasteiger partial charge in [-0.1, -0.05) is 0 Å². The maximum atomic E-state index is 10.3. The summed E-state index contributed by atoms with van der Waals surface area (Å²) in [5.74, 6) is 0. The van der Waals surface area contributed by atoms with Crippen molar-refractivity contribution < 1.29 is 14.3 Å². The second kappa shape index (κ2) is 2.64. The van der Waals surface area contributed by atoms with Crippen molar-refractivity contribution in [3.63, 3.8) is 0 Å². The van der Waals surface area contributed by atoms with Crippen molar-refractivity contribution >= 4 is 12.6 Å². The minimum atomic E-state index is -1.19. The molecule has 1 heterocycles. The first-order valence-electron chi connectivity index (χ1n) is 3.08. The number of carbonyl (C=O) groups is 2. The normalized spacial score (nSPS) is 21.2. The van der Waals surface area contributed by atoms with Crippen molar-refractivity contribution in [1.82, 2.24) is 0 Å². The van der Waals surface area contributed by atoms with E-state index in [1.165, 1.54) is 6.26 Å². The van der Waals surface area contributed by atoms with Gasteiger partial charge >= 0.3 is 0 Å². The van der Waals surface area contributed by atoms with Gasteiger partial charge in [0.15, 0.2) is 12.6 Å². The summed E-state index contributed by atoms with van der Waals surface area (Å²) in [7, 11) is 0. The van der Waals surface area contributed by atoms with Crippen LogP contribution < -0.4 is 0 Å². The molecule has 0 aromatic heterocycles. The summed E-state index contributed by atoms with van der Waals surface area (Å²) in [4.78, 5) is 20.6. The molecule has 54 valence electrons. The third kappa shape index (κ3) is 1.07. The molecular weight excluding hydrogens is 132 g/mol. The fraction of sp³-hybridized carbons (Fsp3) is 0.429. The molecular formula is C7H8O3. The SMILES string of the molecule is O=CC1(C=O)CCC=CO1. The standard InChI is InChI=1S/C7H8O3/c8-5-7(6-9)3-1-2-4-10-7/h2,4-6H,1,3H2. The van der Waals surface area contributed by atoms with Crippen molar-refractivity contribution in [3.05, 3.63) is 12.3 Å². The van der Waals surface area contributed by atoms with Crippen LogP contribution >= 0.6 is 0 Å². The predicted octanol–water partition coefficient (Wildman–Crippen LogP) is 0.447. The van der Waals surface area contributed by atoms with Crippen molar-refractivity contribution in [3.8, 4) is 0 Å². The number of ether oxygens (including phenoxy) is 1. The molecule has 0 unspecified atom stereocenters. The molecule has 1 aliphatic heterocycles. The van der Waals surface area contributed by atoms with E-state index in [2.05, 4.69) is 0 Å². The van der Waals surface area contributed by atoms with Crippen LogP contribution in [0, 0.1) is 0 Å². The van der Waals surface area contributed by atoms with Gasteiger partial charge in [0.25, 0.3) is 0 Å². The van der Waals surface area contributed by atoms with Gasteiger partial charge in [0.1, 0.15) is 0 Å². The molecule has 0 atom stereocenters. The predicted molar refractivity (Wildman–Crippen MR) is 34.3 cm³/mol. The number of hydrogen-bond donors (Lipinski definition) is 0. The summed E-state index contributed by atoms with van der Waals surface area (Å²) < 4.78 is 4.85. The van der Waals surface area contributed by atoms with Crippen LogP contribution in [0.1, 0.15) is 12.8 Å². The smallest absolute Gasteiger partial charge is 0.217 e. The van der Waals surface area contributed by atoms with E-state index in [0.29, 0.717) is 19.0 Å². The molecule has 10 heavy (non-hydrogen) atoms. The van der Waals surface area contributed by atoms with Crippen LogP contribution in [0.3, 0.4) is 0 Å². The van der Waals surface area contributed by atoms with Gasteiger partial charge in [0, 0.05) is 6.42 Å². The van der Waals surface area contributed by atoms with Crippen molar-refractivity contribution in [1.29, 1.82) is 0 Å². The molecule has 0 aliphatic carbocycles. The van der Waals surface area contributed by atoms with Crippen LogP contribution in [0.15, 0.2) is 12.3 Å². The summed E-state index contributed by atoms with van der Waals surface area (Å²) in [6.45, 7) is 0. The molecule has 0 N–H and O–H groups in total. The average molecular weight is 140 g/mol. The van der Waals surface area contributed by atoms with E-state index in [1.54, 1.807) is 6.08 Å². The van der Waals surface area contributed by atoms with Crippen LogP contribution in [0.4, 0.5) is 0 Å². The van der Waals surface area contributed by atoms with Crippen molar-refractivity contribution in [2.24, 2.45) is 0 Å². The van der Waals surface area contributed by atoms with Crippen LogP contribution in [-0.4, -0.2) is 18.2 Å². The van der Waals surface area contributed by atoms with Gasteiger partial charge in [-0.25, -0.2) is 0 Å². The first-order chi connectivity index (χ1) is 4.83. The Balaban J connectivity index is 2.73. The molecule has 0 aromatic carbocycles. The molecule has 0 bridgehead atoms. The third-order valence-electron chi connectivity index (χ3n) is 1.48. The summed E-state index contributed by atoms with van der Waals surface area (Å²) >= 11 is 0. The second-order valence-electron chi connectivity index (χ2n) is 2.22. The fourth-order valence-electron chi connectivity index (χ4n) is 0.812. The summed E-state index contributed by atoms with van der Waals surface area (Å²) in [6.07, 6.45) is 5.44. The van der Waals surface area contributed by atoms with Gasteiger partial charge in [-0.2, -0.15) is 0 Å². The first kappa shape index (κ1) is 6.99. The highest BCUT2D eigenvalue weighted by atomic mass is 16.5. The average Bonchev–Trinajstić information content (AvgIpc) is 2.06. The fourth-order valence-corrected chi connectivity index (χ4v) is 0.812. The quantitative estimate of drug-likeness (QED) is 0.413. The summed E-state index contributed by atoms with van der Waals surface area (Å²) in [5.41, 5.74) is -1.19. The Hall–Kier alpha value is -1.12.